The van der Waals surface area contributed by atoms with Gasteiger partial charge in [-0.2, -0.15) is 0 Å². The first-order valence-electron chi connectivity index (χ1n) is 4.80. The van der Waals surface area contributed by atoms with Crippen LogP contribution in [0.3, 0.4) is 0 Å². The first kappa shape index (κ1) is 13.4. The molecule has 1 rings (SSSR count). The average molecular weight is 259 g/mol. The molecule has 0 bridgehead atoms. The van der Waals surface area contributed by atoms with Crippen LogP contribution in [0.4, 0.5) is 0 Å². The van der Waals surface area contributed by atoms with Gasteiger partial charge in [-0.25, -0.2) is 9.78 Å². The van der Waals surface area contributed by atoms with E-state index in [0.717, 1.165) is 0 Å². The Labute approximate surface area is 102 Å². The number of hydrogen-bond donors (Lipinski definition) is 3. The van der Waals surface area contributed by atoms with Crippen molar-refractivity contribution in [2.45, 2.75) is 12.5 Å². The zero-order chi connectivity index (χ0) is 12.8. The third-order valence-corrected chi connectivity index (χ3v) is 2.22. The van der Waals surface area contributed by atoms with E-state index in [-0.39, 0.29) is 23.7 Å². The number of rotatable bonds is 5. The average Bonchev–Trinajstić information content (AvgIpc) is 2.28. The molecule has 0 fully saturated rings. The summed E-state index contributed by atoms with van der Waals surface area (Å²) in [4.78, 5) is 26.1. The van der Waals surface area contributed by atoms with E-state index in [9.17, 15) is 9.59 Å². The number of halogens is 1. The fraction of sp³-hybridized carbons (Fsp3) is 0.300. The molecule has 1 heterocycles. The SMILES string of the molecule is O=C(N[C@@H](CCO)C(=O)O)c1ccnc(Cl)c1. The van der Waals surface area contributed by atoms with Crippen molar-refractivity contribution in [3.8, 4) is 0 Å². The zero-order valence-corrected chi connectivity index (χ0v) is 9.52. The molecule has 1 atom stereocenters. The van der Waals surface area contributed by atoms with Gasteiger partial charge in [0.25, 0.3) is 5.91 Å². The van der Waals surface area contributed by atoms with Crippen LogP contribution in [0.25, 0.3) is 0 Å². The summed E-state index contributed by atoms with van der Waals surface area (Å²) in [5, 5.41) is 19.9. The minimum absolute atomic E-state index is 0.0557. The maximum absolute atomic E-state index is 11.6. The molecule has 92 valence electrons. The second kappa shape index (κ2) is 6.17. The number of carbonyl (C=O) groups is 2. The van der Waals surface area contributed by atoms with Gasteiger partial charge in [-0.3, -0.25) is 4.79 Å². The van der Waals surface area contributed by atoms with Crippen LogP contribution in [0.15, 0.2) is 18.3 Å². The van der Waals surface area contributed by atoms with Crippen molar-refractivity contribution in [3.05, 3.63) is 29.0 Å². The summed E-state index contributed by atoms with van der Waals surface area (Å²) in [5.41, 5.74) is 0.217. The van der Waals surface area contributed by atoms with Gasteiger partial charge in [0.05, 0.1) is 0 Å². The molecule has 3 N–H and O–H groups in total. The standard InChI is InChI=1S/C10H11ClN2O4/c11-8-5-6(1-3-12-8)9(15)13-7(2-4-14)10(16)17/h1,3,5,7,14H,2,4H2,(H,13,15)(H,16,17)/t7-/m0/s1. The van der Waals surface area contributed by atoms with Crippen molar-refractivity contribution in [2.75, 3.05) is 6.61 Å². The lowest BCUT2D eigenvalue weighted by atomic mass is 10.2. The van der Waals surface area contributed by atoms with E-state index < -0.39 is 17.9 Å². The zero-order valence-electron chi connectivity index (χ0n) is 8.76. The molecule has 0 aromatic carbocycles. The molecular weight excluding hydrogens is 248 g/mol. The Balaban J connectivity index is 2.73. The number of carboxylic acid groups (broad SMARTS) is 1. The Morgan fingerprint density at radius 1 is 1.53 bits per heavy atom. The molecule has 7 heteroatoms. The van der Waals surface area contributed by atoms with E-state index in [1.165, 1.54) is 18.3 Å². The molecule has 0 aliphatic carbocycles. The number of amides is 1. The van der Waals surface area contributed by atoms with Gasteiger partial charge in [0.1, 0.15) is 11.2 Å². The third-order valence-electron chi connectivity index (χ3n) is 2.01. The number of carbonyl (C=O) groups excluding carboxylic acids is 1. The van der Waals surface area contributed by atoms with E-state index in [1.54, 1.807) is 0 Å². The number of aliphatic hydroxyl groups is 1. The highest BCUT2D eigenvalue weighted by Crippen LogP contribution is 2.07. The lowest BCUT2D eigenvalue weighted by molar-refractivity contribution is -0.139. The van der Waals surface area contributed by atoms with Crippen LogP contribution in [-0.2, 0) is 4.79 Å². The Hall–Kier alpha value is -1.66. The second-order valence-electron chi connectivity index (χ2n) is 3.24. The molecule has 17 heavy (non-hydrogen) atoms. The lowest BCUT2D eigenvalue weighted by Gasteiger charge is -2.13. The summed E-state index contributed by atoms with van der Waals surface area (Å²) >= 11 is 5.60. The van der Waals surface area contributed by atoms with Crippen LogP contribution < -0.4 is 5.32 Å². The van der Waals surface area contributed by atoms with Crippen molar-refractivity contribution in [2.24, 2.45) is 0 Å². The van der Waals surface area contributed by atoms with Crippen molar-refractivity contribution in [1.29, 1.82) is 0 Å². The number of nitrogens with one attached hydrogen (secondary N) is 1. The topological polar surface area (TPSA) is 99.5 Å². The Bertz CT molecular complexity index is 425. The van der Waals surface area contributed by atoms with Gasteiger partial charge in [-0.05, 0) is 12.1 Å². The van der Waals surface area contributed by atoms with Crippen LogP contribution in [-0.4, -0.2) is 39.7 Å². The molecule has 6 nitrogen and oxygen atoms in total. The summed E-state index contributed by atoms with van der Waals surface area (Å²) in [6.07, 6.45) is 1.29. The predicted molar refractivity (Wildman–Crippen MR) is 59.8 cm³/mol. The number of pyridine rings is 1. The summed E-state index contributed by atoms with van der Waals surface area (Å²) in [5.74, 6) is -1.78. The van der Waals surface area contributed by atoms with Crippen molar-refractivity contribution < 1.29 is 19.8 Å². The minimum atomic E-state index is -1.20. The molecule has 0 aliphatic heterocycles. The number of nitrogens with zero attached hydrogens (tertiary/aromatic N) is 1. The summed E-state index contributed by atoms with van der Waals surface area (Å²) in [6.45, 7) is -0.325. The molecule has 1 aromatic heterocycles. The highest BCUT2D eigenvalue weighted by atomic mass is 35.5. The Morgan fingerprint density at radius 3 is 2.76 bits per heavy atom. The highest BCUT2D eigenvalue weighted by molar-refractivity contribution is 6.29. The van der Waals surface area contributed by atoms with E-state index in [0.29, 0.717) is 0 Å². The van der Waals surface area contributed by atoms with Gasteiger partial charge >= 0.3 is 5.97 Å². The first-order chi connectivity index (χ1) is 8.04. The van der Waals surface area contributed by atoms with Crippen LogP contribution in [0, 0.1) is 0 Å². The van der Waals surface area contributed by atoms with Crippen molar-refractivity contribution in [3.63, 3.8) is 0 Å². The summed E-state index contributed by atoms with van der Waals surface area (Å²) in [7, 11) is 0. The Kier molecular flexibility index (Phi) is 4.86. The van der Waals surface area contributed by atoms with Crippen molar-refractivity contribution >= 4 is 23.5 Å². The van der Waals surface area contributed by atoms with Gasteiger partial charge in [0.2, 0.25) is 0 Å². The number of aliphatic hydroxyl groups excluding tert-OH is 1. The largest absolute Gasteiger partial charge is 0.480 e. The van der Waals surface area contributed by atoms with Gasteiger partial charge in [0.15, 0.2) is 0 Å². The van der Waals surface area contributed by atoms with E-state index in [1.807, 2.05) is 0 Å². The van der Waals surface area contributed by atoms with Gasteiger partial charge < -0.3 is 15.5 Å². The smallest absolute Gasteiger partial charge is 0.326 e. The molecule has 0 saturated heterocycles. The fourth-order valence-corrected chi connectivity index (χ4v) is 1.35. The van der Waals surface area contributed by atoms with Gasteiger partial charge in [-0.15, -0.1) is 0 Å². The third kappa shape index (κ3) is 4.01. The second-order valence-corrected chi connectivity index (χ2v) is 3.63. The number of aliphatic carboxylic acids is 1. The van der Waals surface area contributed by atoms with Gasteiger partial charge in [-0.1, -0.05) is 11.6 Å². The van der Waals surface area contributed by atoms with Crippen LogP contribution in [0.1, 0.15) is 16.8 Å². The number of aromatic nitrogens is 1. The molecule has 1 aromatic rings. The quantitative estimate of drug-likeness (QED) is 0.660. The maximum Gasteiger partial charge on any atom is 0.326 e. The van der Waals surface area contributed by atoms with Gasteiger partial charge in [0, 0.05) is 24.8 Å². The summed E-state index contributed by atoms with van der Waals surface area (Å²) in [6, 6.07) is 1.62. The molecule has 0 spiro atoms. The van der Waals surface area contributed by atoms with Crippen LogP contribution in [0.2, 0.25) is 5.15 Å². The number of hydrogen-bond acceptors (Lipinski definition) is 4. The summed E-state index contributed by atoms with van der Waals surface area (Å²) < 4.78 is 0. The lowest BCUT2D eigenvalue weighted by Crippen LogP contribution is -2.41. The first-order valence-corrected chi connectivity index (χ1v) is 5.18. The molecular formula is C10H11ClN2O4. The molecule has 0 unspecified atom stereocenters. The maximum atomic E-state index is 11.6. The molecule has 0 aliphatic rings. The fourth-order valence-electron chi connectivity index (χ4n) is 1.17. The molecule has 1 amide bonds. The monoisotopic (exact) mass is 258 g/mol. The predicted octanol–water partition coefficient (Wildman–Crippen LogP) is 0.300. The molecule has 0 radical (unpaired) electrons. The van der Waals surface area contributed by atoms with E-state index in [2.05, 4.69) is 10.3 Å². The number of carboxylic acids is 1. The highest BCUT2D eigenvalue weighted by Gasteiger charge is 2.20. The normalized spacial score (nSPS) is 11.9. The Morgan fingerprint density at radius 2 is 2.24 bits per heavy atom. The van der Waals surface area contributed by atoms with E-state index in [4.69, 9.17) is 21.8 Å². The van der Waals surface area contributed by atoms with Crippen LogP contribution in [0.5, 0.6) is 0 Å². The van der Waals surface area contributed by atoms with Crippen LogP contribution >= 0.6 is 11.6 Å². The minimum Gasteiger partial charge on any atom is -0.480 e. The van der Waals surface area contributed by atoms with E-state index >= 15 is 0 Å². The molecule has 0 saturated carbocycles. The van der Waals surface area contributed by atoms with Crippen molar-refractivity contribution in [1.82, 2.24) is 10.3 Å².